The number of amides is 3. The van der Waals surface area contributed by atoms with Gasteiger partial charge in [0.15, 0.2) is 5.82 Å². The van der Waals surface area contributed by atoms with E-state index in [2.05, 4.69) is 55.0 Å². The number of rotatable bonds is 11. The second-order valence-corrected chi connectivity index (χ2v) is 17.8. The third-order valence-electron chi connectivity index (χ3n) is 11.7. The monoisotopic (exact) mass is 814 g/mol. The maximum absolute atomic E-state index is 14.2. The molecule has 3 amide bonds. The number of likely N-dealkylation sites (tertiary alicyclic amines) is 1. The van der Waals surface area contributed by atoms with Crippen LogP contribution in [0.3, 0.4) is 0 Å². The molecule has 308 valence electrons. The smallest absolute Gasteiger partial charge is 0.246 e. The molecule has 13 heteroatoms. The number of aryl methyl sites for hydroxylation is 1. The molecule has 59 heavy (non-hydrogen) atoms. The molecule has 0 saturated carbocycles. The molecule has 2 aromatic heterocycles. The minimum atomic E-state index is -0.763. The standard InChI is InChI=1S/C46H54N8O4S/c1-28(31-12-14-33(15-13-31)41-29(2)48-27-59-41)49-44(57)38-10-8-22-54(38)45(58)42(46(3,4)5)50-40(56)25-30-20-23-53(24-21-30)34-18-16-32(17-19-34)36-26-37(51-52-43(36)47)35-9-6-7-11-39(35)55/h6-7,9,11-19,26-28,30,38,42,55H,8,10,20-25H2,1-5H3,(H2,47,52)(H,49,57)(H,50,56). The van der Waals surface area contributed by atoms with Gasteiger partial charge >= 0.3 is 0 Å². The lowest BCUT2D eigenvalue weighted by molar-refractivity contribution is -0.144. The van der Waals surface area contributed by atoms with E-state index < -0.39 is 17.5 Å². The zero-order valence-corrected chi connectivity index (χ0v) is 35.3. The van der Waals surface area contributed by atoms with Crippen LogP contribution in [-0.4, -0.2) is 74.6 Å². The number of nitrogens with one attached hydrogen (secondary N) is 2. The topological polar surface area (TPSA) is 167 Å². The molecule has 12 nitrogen and oxygen atoms in total. The van der Waals surface area contributed by atoms with Gasteiger partial charge in [-0.15, -0.1) is 21.5 Å². The summed E-state index contributed by atoms with van der Waals surface area (Å²) in [7, 11) is 0. The first-order valence-corrected chi connectivity index (χ1v) is 21.3. The number of aromatic nitrogens is 3. The SMILES string of the molecule is Cc1ncsc1-c1ccc(C(C)NC(=O)C2CCCN2C(=O)C(NC(=O)CC2CCN(c3ccc(-c4cc(-c5ccccc5O)nnc4N)cc3)CC2)C(C)(C)C)cc1. The van der Waals surface area contributed by atoms with E-state index in [4.69, 9.17) is 5.73 Å². The molecule has 2 fully saturated rings. The molecule has 5 N–H and O–H groups in total. The number of nitrogens with zero attached hydrogens (tertiary/aromatic N) is 5. The second kappa shape index (κ2) is 17.6. The highest BCUT2D eigenvalue weighted by Crippen LogP contribution is 2.34. The van der Waals surface area contributed by atoms with E-state index in [1.807, 2.05) is 76.5 Å². The molecular weight excluding hydrogens is 761 g/mol. The fourth-order valence-corrected chi connectivity index (χ4v) is 9.01. The number of nitrogen functional groups attached to an aromatic ring is 1. The quantitative estimate of drug-likeness (QED) is 0.105. The van der Waals surface area contributed by atoms with E-state index in [0.717, 1.165) is 70.9 Å². The van der Waals surface area contributed by atoms with Gasteiger partial charge in [-0.05, 0) is 97.9 Å². The Kier molecular flexibility index (Phi) is 12.3. The number of nitrogens with two attached hydrogens (primary N) is 1. The molecule has 2 aliphatic heterocycles. The van der Waals surface area contributed by atoms with E-state index in [1.54, 1.807) is 34.4 Å². The molecule has 0 radical (unpaired) electrons. The summed E-state index contributed by atoms with van der Waals surface area (Å²) in [6.07, 6.45) is 3.32. The maximum atomic E-state index is 14.2. The van der Waals surface area contributed by atoms with Crippen LogP contribution in [0.15, 0.2) is 84.4 Å². The number of carbonyl (C=O) groups is 3. The van der Waals surface area contributed by atoms with Gasteiger partial charge in [0.25, 0.3) is 0 Å². The Morgan fingerprint density at radius 2 is 1.59 bits per heavy atom. The van der Waals surface area contributed by atoms with Gasteiger partial charge in [0.2, 0.25) is 17.7 Å². The number of carbonyl (C=O) groups excluding carboxylic acids is 3. The molecule has 0 spiro atoms. The number of hydrogen-bond acceptors (Lipinski definition) is 10. The van der Waals surface area contributed by atoms with Crippen molar-refractivity contribution in [3.05, 3.63) is 95.6 Å². The summed E-state index contributed by atoms with van der Waals surface area (Å²) >= 11 is 1.61. The number of phenols is 1. The lowest BCUT2D eigenvalue weighted by atomic mass is 9.85. The Labute approximate surface area is 350 Å². The van der Waals surface area contributed by atoms with Crippen LogP contribution in [0.1, 0.15) is 77.1 Å². The van der Waals surface area contributed by atoms with Crippen LogP contribution in [0.5, 0.6) is 5.75 Å². The predicted octanol–water partition coefficient (Wildman–Crippen LogP) is 7.54. The van der Waals surface area contributed by atoms with Gasteiger partial charge in [-0.25, -0.2) is 4.98 Å². The van der Waals surface area contributed by atoms with Crippen molar-refractivity contribution in [2.45, 2.75) is 84.8 Å². The molecule has 0 bridgehead atoms. The first kappa shape index (κ1) is 41.3. The first-order chi connectivity index (χ1) is 28.3. The summed E-state index contributed by atoms with van der Waals surface area (Å²) in [4.78, 5) is 50.9. The van der Waals surface area contributed by atoms with Crippen LogP contribution in [0.25, 0.3) is 32.8 Å². The lowest BCUT2D eigenvalue weighted by Crippen LogP contribution is -2.58. The Balaban J connectivity index is 0.919. The Morgan fingerprint density at radius 3 is 2.25 bits per heavy atom. The van der Waals surface area contributed by atoms with Gasteiger partial charge < -0.3 is 31.3 Å². The summed E-state index contributed by atoms with van der Waals surface area (Å²) in [5, 5.41) is 24.9. The van der Waals surface area contributed by atoms with Crippen LogP contribution >= 0.6 is 11.3 Å². The van der Waals surface area contributed by atoms with E-state index in [-0.39, 0.29) is 35.4 Å². The molecule has 3 unspecified atom stereocenters. The summed E-state index contributed by atoms with van der Waals surface area (Å²) < 4.78 is 0. The van der Waals surface area contributed by atoms with Crippen molar-refractivity contribution in [2.75, 3.05) is 30.3 Å². The Bertz CT molecular complexity index is 2280. The zero-order chi connectivity index (χ0) is 41.8. The fourth-order valence-electron chi connectivity index (χ4n) is 8.20. The van der Waals surface area contributed by atoms with Crippen molar-refractivity contribution in [1.29, 1.82) is 0 Å². The van der Waals surface area contributed by atoms with Crippen molar-refractivity contribution < 1.29 is 19.5 Å². The van der Waals surface area contributed by atoms with Crippen molar-refractivity contribution >= 4 is 40.6 Å². The first-order valence-electron chi connectivity index (χ1n) is 20.4. The number of phenolic OH excluding ortho intramolecular Hbond substituents is 1. The number of hydrogen-bond donors (Lipinski definition) is 4. The third kappa shape index (κ3) is 9.41. The van der Waals surface area contributed by atoms with E-state index in [1.165, 1.54) is 0 Å². The van der Waals surface area contributed by atoms with Crippen molar-refractivity contribution in [2.24, 2.45) is 11.3 Å². The molecular formula is C46H54N8O4S. The average molecular weight is 815 g/mol. The van der Waals surface area contributed by atoms with Crippen LogP contribution in [0, 0.1) is 18.3 Å². The lowest BCUT2D eigenvalue weighted by Gasteiger charge is -2.36. The van der Waals surface area contributed by atoms with E-state index in [0.29, 0.717) is 36.5 Å². The van der Waals surface area contributed by atoms with Gasteiger partial charge in [0, 0.05) is 42.9 Å². The summed E-state index contributed by atoms with van der Waals surface area (Å²) in [6.45, 7) is 11.9. The summed E-state index contributed by atoms with van der Waals surface area (Å²) in [5.41, 5.74) is 14.4. The Morgan fingerprint density at radius 1 is 0.898 bits per heavy atom. The highest BCUT2D eigenvalue weighted by atomic mass is 32.1. The van der Waals surface area contributed by atoms with Gasteiger partial charge in [-0.2, -0.15) is 0 Å². The number of anilines is 2. The van der Waals surface area contributed by atoms with E-state index >= 15 is 0 Å². The number of para-hydroxylation sites is 1. The zero-order valence-electron chi connectivity index (χ0n) is 34.4. The van der Waals surface area contributed by atoms with Crippen LogP contribution in [0.4, 0.5) is 11.5 Å². The van der Waals surface area contributed by atoms with Crippen molar-refractivity contribution in [1.82, 2.24) is 30.7 Å². The summed E-state index contributed by atoms with van der Waals surface area (Å²) in [6, 6.07) is 23.6. The van der Waals surface area contributed by atoms with E-state index in [9.17, 15) is 19.5 Å². The second-order valence-electron chi connectivity index (χ2n) is 16.9. The average Bonchev–Trinajstić information content (AvgIpc) is 3.90. The highest BCUT2D eigenvalue weighted by molar-refractivity contribution is 7.13. The minimum Gasteiger partial charge on any atom is -0.507 e. The number of thiazole rings is 1. The highest BCUT2D eigenvalue weighted by Gasteiger charge is 2.42. The molecule has 4 heterocycles. The maximum Gasteiger partial charge on any atom is 0.246 e. The van der Waals surface area contributed by atoms with Gasteiger partial charge in [-0.1, -0.05) is 69.3 Å². The molecule has 2 aliphatic rings. The number of aromatic hydroxyl groups is 1. The van der Waals surface area contributed by atoms with Crippen molar-refractivity contribution in [3.63, 3.8) is 0 Å². The fraction of sp³-hybridized carbons (Fsp3) is 0.391. The predicted molar refractivity (Wildman–Crippen MR) is 234 cm³/mol. The van der Waals surface area contributed by atoms with Gasteiger partial charge in [0.05, 0.1) is 27.8 Å². The normalized spacial score (nSPS) is 17.1. The summed E-state index contributed by atoms with van der Waals surface area (Å²) in [5.74, 6) is 0.0888. The molecule has 7 rings (SSSR count). The minimum absolute atomic E-state index is 0.125. The number of benzene rings is 3. The molecule has 0 aliphatic carbocycles. The molecule has 3 aromatic carbocycles. The largest absolute Gasteiger partial charge is 0.507 e. The molecule has 2 saturated heterocycles. The third-order valence-corrected chi connectivity index (χ3v) is 12.6. The van der Waals surface area contributed by atoms with Gasteiger partial charge in [-0.3, -0.25) is 14.4 Å². The molecule has 3 atom stereocenters. The van der Waals surface area contributed by atoms with Crippen LogP contribution in [-0.2, 0) is 14.4 Å². The van der Waals surface area contributed by atoms with Gasteiger partial charge in [0.1, 0.15) is 17.8 Å². The molecule has 5 aromatic rings. The van der Waals surface area contributed by atoms with Crippen LogP contribution in [0.2, 0.25) is 0 Å². The Hall–Kier alpha value is -5.82. The van der Waals surface area contributed by atoms with Crippen LogP contribution < -0.4 is 21.3 Å². The van der Waals surface area contributed by atoms with Crippen molar-refractivity contribution in [3.8, 4) is 38.6 Å². The number of piperidine rings is 1.